The Morgan fingerprint density at radius 1 is 1.52 bits per heavy atom. The topological polar surface area (TPSA) is 111 Å². The molecule has 2 unspecified atom stereocenters. The lowest BCUT2D eigenvalue weighted by molar-refractivity contribution is 0.0916. The lowest BCUT2D eigenvalue weighted by Crippen LogP contribution is -2.41. The van der Waals surface area contributed by atoms with Crippen molar-refractivity contribution in [2.45, 2.75) is 36.4 Å². The van der Waals surface area contributed by atoms with E-state index in [2.05, 4.69) is 15.1 Å². The number of nitrogens with one attached hydrogen (secondary N) is 2. The fourth-order valence-electron chi connectivity index (χ4n) is 2.71. The summed E-state index contributed by atoms with van der Waals surface area (Å²) >= 11 is 1.34. The fraction of sp³-hybridized carbons (Fsp3) is 0.545. The van der Waals surface area contributed by atoms with Crippen molar-refractivity contribution < 1.29 is 13.2 Å². The Balaban J connectivity index is 1.98. The van der Waals surface area contributed by atoms with E-state index in [1.807, 2.05) is 0 Å². The van der Waals surface area contributed by atoms with Gasteiger partial charge in [-0.05, 0) is 19.3 Å². The molecule has 0 saturated heterocycles. The Morgan fingerprint density at radius 3 is 3.05 bits per heavy atom. The number of nitrogens with zero attached hydrogens (tertiary/aromatic N) is 2. The number of anilines is 1. The molecule has 10 heteroatoms. The van der Waals surface area contributed by atoms with Gasteiger partial charge in [0, 0.05) is 24.7 Å². The maximum atomic E-state index is 12.7. The lowest BCUT2D eigenvalue weighted by atomic mass is 10.2. The van der Waals surface area contributed by atoms with Crippen molar-refractivity contribution >= 4 is 32.1 Å². The van der Waals surface area contributed by atoms with Gasteiger partial charge in [-0.3, -0.25) is 4.40 Å². The largest absolute Gasteiger partial charge is 0.380 e. The average Bonchev–Trinajstić information content (AvgIpc) is 3.11. The number of thiazole rings is 1. The van der Waals surface area contributed by atoms with E-state index in [-0.39, 0.29) is 23.0 Å². The Bertz CT molecular complexity index is 738. The summed E-state index contributed by atoms with van der Waals surface area (Å²) in [5.74, 6) is 5.53. The van der Waals surface area contributed by atoms with Crippen LogP contribution in [-0.2, 0) is 14.8 Å². The van der Waals surface area contributed by atoms with Crippen LogP contribution >= 0.6 is 11.3 Å². The molecule has 0 spiro atoms. The highest BCUT2D eigenvalue weighted by Crippen LogP contribution is 2.28. The number of hydrogen-bond donors (Lipinski definition) is 3. The number of imidazole rings is 1. The van der Waals surface area contributed by atoms with Crippen LogP contribution in [0.15, 0.2) is 16.6 Å². The molecular weight excluding hydrogens is 314 g/mol. The zero-order valence-electron chi connectivity index (χ0n) is 11.4. The minimum atomic E-state index is -3.75. The van der Waals surface area contributed by atoms with Crippen LogP contribution in [0.25, 0.3) is 4.96 Å². The molecule has 1 aliphatic carbocycles. The van der Waals surface area contributed by atoms with Crippen molar-refractivity contribution in [3.8, 4) is 0 Å². The van der Waals surface area contributed by atoms with Gasteiger partial charge >= 0.3 is 0 Å². The summed E-state index contributed by atoms with van der Waals surface area (Å²) in [6, 6.07) is -0.227. The monoisotopic (exact) mass is 331 g/mol. The molecule has 0 aliphatic heterocycles. The number of nitrogen functional groups attached to an aromatic ring is 1. The van der Waals surface area contributed by atoms with Crippen LogP contribution < -0.4 is 16.0 Å². The zero-order chi connectivity index (χ0) is 15.0. The van der Waals surface area contributed by atoms with Crippen molar-refractivity contribution in [3.05, 3.63) is 11.6 Å². The van der Waals surface area contributed by atoms with Crippen LogP contribution in [0.1, 0.15) is 19.3 Å². The number of hydrogen-bond acceptors (Lipinski definition) is 7. The van der Waals surface area contributed by atoms with Crippen LogP contribution in [-0.4, -0.2) is 37.1 Å². The molecule has 0 radical (unpaired) electrons. The molecule has 4 N–H and O–H groups in total. The first-order valence-corrected chi connectivity index (χ1v) is 8.90. The van der Waals surface area contributed by atoms with E-state index in [1.165, 1.54) is 15.7 Å². The molecule has 2 heterocycles. The summed E-state index contributed by atoms with van der Waals surface area (Å²) < 4.78 is 34.9. The van der Waals surface area contributed by atoms with E-state index in [9.17, 15) is 8.42 Å². The van der Waals surface area contributed by atoms with Gasteiger partial charge in [-0.1, -0.05) is 0 Å². The van der Waals surface area contributed by atoms with Crippen molar-refractivity contribution in [2.24, 2.45) is 5.84 Å². The van der Waals surface area contributed by atoms with E-state index in [4.69, 9.17) is 10.6 Å². The predicted octanol–water partition coefficient (Wildman–Crippen LogP) is 0.527. The van der Waals surface area contributed by atoms with Crippen LogP contribution in [0.4, 0.5) is 5.82 Å². The number of methoxy groups -OCH3 is 1. The quantitative estimate of drug-likeness (QED) is 0.544. The number of sulfonamides is 1. The van der Waals surface area contributed by atoms with Gasteiger partial charge in [-0.2, -0.15) is 4.98 Å². The van der Waals surface area contributed by atoms with Crippen LogP contribution in [0.5, 0.6) is 0 Å². The highest BCUT2D eigenvalue weighted by atomic mass is 32.2. The summed E-state index contributed by atoms with van der Waals surface area (Å²) in [5, 5.41) is 1.80. The second-order valence-corrected chi connectivity index (χ2v) is 7.40. The number of nitrogens with two attached hydrogens (primary N) is 1. The molecule has 116 valence electrons. The number of ether oxygens (including phenoxy) is 1. The van der Waals surface area contributed by atoms with Gasteiger partial charge in [0.15, 0.2) is 10.8 Å². The smallest absolute Gasteiger partial charge is 0.260 e. The van der Waals surface area contributed by atoms with E-state index >= 15 is 0 Å². The maximum absolute atomic E-state index is 12.7. The number of aromatic nitrogens is 2. The zero-order valence-corrected chi connectivity index (χ0v) is 13.1. The van der Waals surface area contributed by atoms with E-state index in [1.54, 1.807) is 18.7 Å². The molecule has 8 nitrogen and oxygen atoms in total. The number of fused-ring (bicyclic) bond motifs is 1. The van der Waals surface area contributed by atoms with Gasteiger partial charge in [0.25, 0.3) is 10.0 Å². The molecule has 1 fully saturated rings. The molecule has 2 atom stereocenters. The SMILES string of the molecule is COC1CCCC1NS(=O)(=O)c1c(NN)nc2sccn12. The molecule has 3 rings (SSSR count). The third-order valence-electron chi connectivity index (χ3n) is 3.67. The van der Waals surface area contributed by atoms with E-state index in [0.717, 1.165) is 19.3 Å². The highest BCUT2D eigenvalue weighted by molar-refractivity contribution is 7.89. The minimum absolute atomic E-state index is 0.0306. The van der Waals surface area contributed by atoms with Crippen molar-refractivity contribution in [1.29, 1.82) is 0 Å². The van der Waals surface area contributed by atoms with E-state index < -0.39 is 10.0 Å². The molecule has 0 amide bonds. The van der Waals surface area contributed by atoms with Gasteiger partial charge in [0.2, 0.25) is 5.03 Å². The fourth-order valence-corrected chi connectivity index (χ4v) is 5.03. The molecule has 1 saturated carbocycles. The Morgan fingerprint density at radius 2 is 2.33 bits per heavy atom. The predicted molar refractivity (Wildman–Crippen MR) is 79.6 cm³/mol. The van der Waals surface area contributed by atoms with Crippen molar-refractivity contribution in [2.75, 3.05) is 12.5 Å². The maximum Gasteiger partial charge on any atom is 0.260 e. The molecule has 0 bridgehead atoms. The lowest BCUT2D eigenvalue weighted by Gasteiger charge is -2.19. The highest BCUT2D eigenvalue weighted by Gasteiger charge is 2.34. The second-order valence-electron chi connectivity index (χ2n) is 4.90. The number of rotatable bonds is 5. The van der Waals surface area contributed by atoms with Gasteiger partial charge in [-0.25, -0.2) is 19.0 Å². The standard InChI is InChI=1S/C11H17N5O3S2/c1-19-8-4-2-3-7(8)15-21(17,18)10-9(14-12)13-11-16(10)5-6-20-11/h5-8,14-15H,2-4,12H2,1H3. The Hall–Kier alpha value is -1.20. The normalized spacial score (nSPS) is 23.0. The molecule has 0 aromatic carbocycles. The molecular formula is C11H17N5O3S2. The molecule has 1 aliphatic rings. The summed E-state index contributed by atoms with van der Waals surface area (Å²) in [6.07, 6.45) is 4.11. The van der Waals surface area contributed by atoms with Crippen LogP contribution in [0.2, 0.25) is 0 Å². The Kier molecular flexibility index (Phi) is 3.88. The van der Waals surface area contributed by atoms with Gasteiger partial charge < -0.3 is 10.2 Å². The molecule has 2 aromatic heterocycles. The summed E-state index contributed by atoms with van der Waals surface area (Å²) in [7, 11) is -2.15. The first-order valence-electron chi connectivity index (χ1n) is 6.54. The summed E-state index contributed by atoms with van der Waals surface area (Å²) in [4.78, 5) is 4.73. The minimum Gasteiger partial charge on any atom is -0.380 e. The van der Waals surface area contributed by atoms with Crippen molar-refractivity contribution in [3.63, 3.8) is 0 Å². The van der Waals surface area contributed by atoms with Gasteiger partial charge in [-0.15, -0.1) is 11.3 Å². The van der Waals surface area contributed by atoms with Gasteiger partial charge in [0.05, 0.1) is 6.10 Å². The molecule has 2 aromatic rings. The van der Waals surface area contributed by atoms with Crippen LogP contribution in [0.3, 0.4) is 0 Å². The average molecular weight is 331 g/mol. The summed E-state index contributed by atoms with van der Waals surface area (Å²) in [5.41, 5.74) is 2.35. The third-order valence-corrected chi connectivity index (χ3v) is 5.94. The van der Waals surface area contributed by atoms with Gasteiger partial charge in [0.1, 0.15) is 0 Å². The van der Waals surface area contributed by atoms with E-state index in [0.29, 0.717) is 4.96 Å². The summed E-state index contributed by atoms with van der Waals surface area (Å²) in [6.45, 7) is 0. The van der Waals surface area contributed by atoms with Crippen molar-refractivity contribution in [1.82, 2.24) is 14.1 Å². The third kappa shape index (κ3) is 2.53. The first-order chi connectivity index (χ1) is 10.1. The second kappa shape index (κ2) is 5.54. The Labute approximate surface area is 126 Å². The molecule has 21 heavy (non-hydrogen) atoms. The number of hydrazine groups is 1. The first kappa shape index (κ1) is 14.7. The van der Waals surface area contributed by atoms with Crippen LogP contribution in [0, 0.1) is 0 Å².